The third kappa shape index (κ3) is 3.33. The molecule has 9 nitrogen and oxygen atoms in total. The van der Waals surface area contributed by atoms with Gasteiger partial charge in [0.1, 0.15) is 18.5 Å². The lowest BCUT2D eigenvalue weighted by Crippen LogP contribution is -2.35. The summed E-state index contributed by atoms with van der Waals surface area (Å²) in [5, 5.41) is 32.3. The predicted octanol–water partition coefficient (Wildman–Crippen LogP) is 0.709. The highest BCUT2D eigenvalue weighted by atomic mass is 32.1. The quantitative estimate of drug-likeness (QED) is 0.432. The summed E-state index contributed by atoms with van der Waals surface area (Å²) in [6.45, 7) is 6.44. The van der Waals surface area contributed by atoms with Gasteiger partial charge < -0.3 is 25.4 Å². The van der Waals surface area contributed by atoms with E-state index >= 15 is 0 Å². The Bertz CT molecular complexity index is 810. The van der Waals surface area contributed by atoms with Crippen molar-refractivity contribution in [1.82, 2.24) is 19.5 Å². The van der Waals surface area contributed by atoms with Crippen molar-refractivity contribution in [2.24, 2.45) is 0 Å². The van der Waals surface area contributed by atoms with E-state index in [9.17, 15) is 15.3 Å². The zero-order chi connectivity index (χ0) is 18.1. The minimum Gasteiger partial charge on any atom is -0.500 e. The van der Waals surface area contributed by atoms with Crippen LogP contribution in [-0.4, -0.2) is 64.7 Å². The monoisotopic (exact) mass is 365 g/mol. The van der Waals surface area contributed by atoms with Crippen LogP contribution in [0.1, 0.15) is 19.6 Å². The van der Waals surface area contributed by atoms with E-state index in [0.717, 1.165) is 12.0 Å². The number of thiocarbonyl (C=S) groups is 1. The van der Waals surface area contributed by atoms with Crippen molar-refractivity contribution in [3.05, 3.63) is 24.8 Å². The fraction of sp³-hybridized carbons (Fsp3) is 0.467. The number of aliphatic hydroxyl groups is 3. The van der Waals surface area contributed by atoms with Crippen LogP contribution >= 0.6 is 12.2 Å². The SMILES string of the molecule is C=C(C)CCNc1ncnc2c1ncn2[C@@H]1O[C@H](C(O)=S)[C@@H](O)[C@H]1O. The Morgan fingerprint density at radius 1 is 1.36 bits per heavy atom. The number of hydrogen-bond acceptors (Lipinski definition) is 8. The predicted molar refractivity (Wildman–Crippen MR) is 94.4 cm³/mol. The molecule has 0 amide bonds. The Balaban J connectivity index is 1.89. The summed E-state index contributed by atoms with van der Waals surface area (Å²) in [5.41, 5.74) is 1.98. The molecule has 1 aliphatic rings. The molecule has 10 heteroatoms. The molecule has 4 atom stereocenters. The van der Waals surface area contributed by atoms with Gasteiger partial charge in [0.25, 0.3) is 0 Å². The lowest BCUT2D eigenvalue weighted by molar-refractivity contribution is -0.0231. The minimum absolute atomic E-state index is 0.425. The molecule has 0 unspecified atom stereocenters. The second-order valence-electron chi connectivity index (χ2n) is 5.95. The second kappa shape index (κ2) is 7.00. The molecule has 0 aromatic carbocycles. The number of anilines is 1. The van der Waals surface area contributed by atoms with Crippen molar-refractivity contribution in [2.45, 2.75) is 37.9 Å². The molecule has 2 aromatic heterocycles. The Labute approximate surface area is 149 Å². The van der Waals surface area contributed by atoms with Crippen molar-refractivity contribution in [2.75, 3.05) is 11.9 Å². The Hall–Kier alpha value is -2.14. The van der Waals surface area contributed by atoms with Crippen molar-refractivity contribution in [3.8, 4) is 0 Å². The van der Waals surface area contributed by atoms with Gasteiger partial charge in [0.05, 0.1) is 6.33 Å². The maximum absolute atomic E-state index is 10.2. The van der Waals surface area contributed by atoms with Gasteiger partial charge >= 0.3 is 0 Å². The molecule has 2 aromatic rings. The van der Waals surface area contributed by atoms with E-state index in [-0.39, 0.29) is 0 Å². The summed E-state index contributed by atoms with van der Waals surface area (Å²) in [7, 11) is 0. The highest BCUT2D eigenvalue weighted by Crippen LogP contribution is 2.32. The standard InChI is InChI=1S/C15H19N5O4S/c1-7(2)3-4-16-12-8-13(18-5-17-12)20(6-19-8)14-10(22)9(21)11(24-14)15(23)25/h5-6,9-11,14,21-22H,1,3-4H2,2H3,(H,23,25)(H,16,17,18)/t9-,10+,11-,14+/m0/s1. The maximum Gasteiger partial charge on any atom is 0.189 e. The van der Waals surface area contributed by atoms with E-state index in [0.29, 0.717) is 23.5 Å². The zero-order valence-electron chi connectivity index (χ0n) is 13.5. The van der Waals surface area contributed by atoms with Gasteiger partial charge in [-0.1, -0.05) is 5.57 Å². The van der Waals surface area contributed by atoms with E-state index in [1.807, 2.05) is 6.92 Å². The highest BCUT2D eigenvalue weighted by Gasteiger charge is 2.46. The summed E-state index contributed by atoms with van der Waals surface area (Å²) >= 11 is 4.64. The number of imidazole rings is 1. The molecular weight excluding hydrogens is 346 g/mol. The summed E-state index contributed by atoms with van der Waals surface area (Å²) in [5.74, 6) is 0.548. The Morgan fingerprint density at radius 3 is 2.76 bits per heavy atom. The molecule has 1 aliphatic heterocycles. The van der Waals surface area contributed by atoms with Gasteiger partial charge in [0.15, 0.2) is 34.4 Å². The van der Waals surface area contributed by atoms with Crippen molar-refractivity contribution in [3.63, 3.8) is 0 Å². The number of aromatic nitrogens is 4. The molecule has 25 heavy (non-hydrogen) atoms. The average Bonchev–Trinajstić information content (AvgIpc) is 3.10. The molecule has 134 valence electrons. The zero-order valence-corrected chi connectivity index (χ0v) is 14.3. The first kappa shape index (κ1) is 17.7. The van der Waals surface area contributed by atoms with Gasteiger partial charge in [-0.15, -0.1) is 6.58 Å². The highest BCUT2D eigenvalue weighted by molar-refractivity contribution is 7.80. The third-order valence-corrected chi connectivity index (χ3v) is 4.19. The van der Waals surface area contributed by atoms with Crippen LogP contribution in [0.4, 0.5) is 5.82 Å². The number of ether oxygens (including phenoxy) is 1. The fourth-order valence-corrected chi connectivity index (χ4v) is 2.85. The lowest BCUT2D eigenvalue weighted by Gasteiger charge is -2.16. The first-order valence-electron chi connectivity index (χ1n) is 7.70. The molecule has 0 radical (unpaired) electrons. The summed E-state index contributed by atoms with van der Waals surface area (Å²) in [4.78, 5) is 12.6. The van der Waals surface area contributed by atoms with Gasteiger partial charge in [0, 0.05) is 6.54 Å². The summed E-state index contributed by atoms with van der Waals surface area (Å²) in [6.07, 6.45) is -1.16. The fourth-order valence-electron chi connectivity index (χ4n) is 2.66. The second-order valence-corrected chi connectivity index (χ2v) is 6.37. The Morgan fingerprint density at radius 2 is 2.12 bits per heavy atom. The van der Waals surface area contributed by atoms with Crippen molar-refractivity contribution < 1.29 is 20.1 Å². The van der Waals surface area contributed by atoms with Gasteiger partial charge in [-0.3, -0.25) is 4.57 Å². The third-order valence-electron chi connectivity index (χ3n) is 3.96. The van der Waals surface area contributed by atoms with Crippen LogP contribution < -0.4 is 5.32 Å². The number of rotatable bonds is 6. The Kier molecular flexibility index (Phi) is 4.95. The van der Waals surface area contributed by atoms with E-state index in [1.165, 1.54) is 17.2 Å². The topological polar surface area (TPSA) is 126 Å². The molecule has 3 heterocycles. The van der Waals surface area contributed by atoms with Crippen molar-refractivity contribution >= 4 is 34.3 Å². The van der Waals surface area contributed by atoms with Gasteiger partial charge in [0.2, 0.25) is 0 Å². The number of nitrogens with one attached hydrogen (secondary N) is 1. The van der Waals surface area contributed by atoms with E-state index < -0.39 is 29.6 Å². The van der Waals surface area contributed by atoms with Gasteiger partial charge in [-0.05, 0) is 25.6 Å². The molecule has 3 rings (SSSR count). The van der Waals surface area contributed by atoms with Crippen LogP contribution in [0.25, 0.3) is 11.2 Å². The van der Waals surface area contributed by atoms with Crippen LogP contribution in [0.5, 0.6) is 0 Å². The molecular formula is C15H19N5O4S. The van der Waals surface area contributed by atoms with E-state index in [1.54, 1.807) is 0 Å². The number of aliphatic hydroxyl groups excluding tert-OH is 3. The molecule has 0 spiro atoms. The number of hydrogen-bond donors (Lipinski definition) is 4. The summed E-state index contributed by atoms with van der Waals surface area (Å²) in [6, 6.07) is 0. The molecule has 0 aliphatic carbocycles. The van der Waals surface area contributed by atoms with Gasteiger partial charge in [-0.2, -0.15) is 0 Å². The van der Waals surface area contributed by atoms with Crippen molar-refractivity contribution in [1.29, 1.82) is 0 Å². The number of fused-ring (bicyclic) bond motifs is 1. The largest absolute Gasteiger partial charge is 0.500 e. The first-order valence-corrected chi connectivity index (χ1v) is 8.11. The van der Waals surface area contributed by atoms with E-state index in [4.69, 9.17) is 4.74 Å². The maximum atomic E-state index is 10.2. The molecule has 0 saturated carbocycles. The van der Waals surface area contributed by atoms with Gasteiger partial charge in [-0.25, -0.2) is 15.0 Å². The normalized spacial score (nSPS) is 26.0. The van der Waals surface area contributed by atoms with Crippen LogP contribution in [-0.2, 0) is 4.74 Å². The summed E-state index contributed by atoms with van der Waals surface area (Å²) < 4.78 is 6.97. The first-order chi connectivity index (χ1) is 11.9. The number of nitrogens with zero attached hydrogens (tertiary/aromatic N) is 4. The molecule has 0 bridgehead atoms. The van der Waals surface area contributed by atoms with Crippen LogP contribution in [0.2, 0.25) is 0 Å². The molecule has 1 fully saturated rings. The van der Waals surface area contributed by atoms with E-state index in [2.05, 4.69) is 39.1 Å². The smallest absolute Gasteiger partial charge is 0.189 e. The van der Waals surface area contributed by atoms with Crippen LogP contribution in [0.3, 0.4) is 0 Å². The molecule has 1 saturated heterocycles. The lowest BCUT2D eigenvalue weighted by atomic mass is 10.1. The van der Waals surface area contributed by atoms with Crippen LogP contribution in [0.15, 0.2) is 24.8 Å². The average molecular weight is 365 g/mol. The molecule has 4 N–H and O–H groups in total. The minimum atomic E-state index is -1.34. The van der Waals surface area contributed by atoms with Crippen LogP contribution in [0, 0.1) is 0 Å².